The third-order valence-electron chi connectivity index (χ3n) is 3.30. The highest BCUT2D eigenvalue weighted by atomic mass is 35.5. The average Bonchev–Trinajstić information content (AvgIpc) is 2.24. The number of aryl methyl sites for hydroxylation is 1. The van der Waals surface area contributed by atoms with Crippen molar-refractivity contribution in [3.05, 3.63) is 35.4 Å². The van der Waals surface area contributed by atoms with Crippen LogP contribution >= 0.6 is 12.4 Å². The van der Waals surface area contributed by atoms with Crippen LogP contribution in [0.15, 0.2) is 24.3 Å². The van der Waals surface area contributed by atoms with Crippen LogP contribution in [0.5, 0.6) is 0 Å². The molecular weight excluding hydrogens is 206 g/mol. The normalized spacial score (nSPS) is 23.5. The maximum absolute atomic E-state index is 6.22. The lowest BCUT2D eigenvalue weighted by molar-refractivity contribution is 0.294. The summed E-state index contributed by atoms with van der Waals surface area (Å²) < 4.78 is 0. The summed E-state index contributed by atoms with van der Waals surface area (Å²) in [7, 11) is 0. The molecule has 0 spiro atoms. The molecule has 0 bridgehead atoms. The van der Waals surface area contributed by atoms with E-state index < -0.39 is 0 Å². The lowest BCUT2D eigenvalue weighted by Gasteiger charge is -2.24. The van der Waals surface area contributed by atoms with E-state index in [1.165, 1.54) is 24.0 Å². The lowest BCUT2D eigenvalue weighted by atomic mass is 9.83. The third kappa shape index (κ3) is 2.73. The highest BCUT2D eigenvalue weighted by molar-refractivity contribution is 5.85. The topological polar surface area (TPSA) is 26.0 Å². The van der Waals surface area contributed by atoms with Gasteiger partial charge in [-0.1, -0.05) is 38.1 Å². The molecule has 0 saturated heterocycles. The minimum atomic E-state index is 0. The van der Waals surface area contributed by atoms with Gasteiger partial charge in [-0.15, -0.1) is 12.4 Å². The summed E-state index contributed by atoms with van der Waals surface area (Å²) in [5, 5.41) is 0. The van der Waals surface area contributed by atoms with Crippen LogP contribution in [0, 0.1) is 5.41 Å². The van der Waals surface area contributed by atoms with Gasteiger partial charge in [-0.2, -0.15) is 0 Å². The van der Waals surface area contributed by atoms with Gasteiger partial charge in [0, 0.05) is 6.04 Å². The Bertz CT molecular complexity index is 333. The highest BCUT2D eigenvalue weighted by Crippen LogP contribution is 2.37. The molecule has 0 amide bonds. The van der Waals surface area contributed by atoms with Gasteiger partial charge >= 0.3 is 0 Å². The second-order valence-electron chi connectivity index (χ2n) is 5.17. The van der Waals surface area contributed by atoms with E-state index in [1.807, 2.05) is 0 Å². The highest BCUT2D eigenvalue weighted by Gasteiger charge is 2.26. The van der Waals surface area contributed by atoms with Crippen molar-refractivity contribution < 1.29 is 0 Å². The molecule has 1 nitrogen and oxygen atoms in total. The summed E-state index contributed by atoms with van der Waals surface area (Å²) in [4.78, 5) is 0. The molecule has 0 aromatic heterocycles. The van der Waals surface area contributed by atoms with E-state index >= 15 is 0 Å². The van der Waals surface area contributed by atoms with Crippen molar-refractivity contribution in [2.45, 2.75) is 39.2 Å². The first-order valence-electron chi connectivity index (χ1n) is 5.42. The molecule has 0 saturated carbocycles. The Balaban J connectivity index is 0.00000112. The van der Waals surface area contributed by atoms with E-state index in [4.69, 9.17) is 5.73 Å². The van der Waals surface area contributed by atoms with Gasteiger partial charge in [0.25, 0.3) is 0 Å². The summed E-state index contributed by atoms with van der Waals surface area (Å²) in [6, 6.07) is 8.84. The summed E-state index contributed by atoms with van der Waals surface area (Å²) >= 11 is 0. The van der Waals surface area contributed by atoms with Gasteiger partial charge in [-0.25, -0.2) is 0 Å². The van der Waals surface area contributed by atoms with Crippen molar-refractivity contribution in [1.82, 2.24) is 0 Å². The third-order valence-corrected chi connectivity index (χ3v) is 3.30. The van der Waals surface area contributed by atoms with Crippen molar-refractivity contribution in [3.8, 4) is 0 Å². The largest absolute Gasteiger partial charge is 0.324 e. The van der Waals surface area contributed by atoms with E-state index in [0.29, 0.717) is 5.41 Å². The Morgan fingerprint density at radius 2 is 1.93 bits per heavy atom. The van der Waals surface area contributed by atoms with Gasteiger partial charge in [0.05, 0.1) is 0 Å². The Labute approximate surface area is 98.5 Å². The van der Waals surface area contributed by atoms with Crippen LogP contribution in [0.3, 0.4) is 0 Å². The molecule has 0 radical (unpaired) electrons. The number of benzene rings is 1. The minimum Gasteiger partial charge on any atom is -0.324 e. The van der Waals surface area contributed by atoms with Gasteiger partial charge in [-0.3, -0.25) is 0 Å². The molecule has 0 heterocycles. The summed E-state index contributed by atoms with van der Waals surface area (Å²) in [5.41, 5.74) is 9.42. The number of nitrogens with two attached hydrogens (primary N) is 1. The Morgan fingerprint density at radius 1 is 1.27 bits per heavy atom. The van der Waals surface area contributed by atoms with Gasteiger partial charge in [0.2, 0.25) is 0 Å². The van der Waals surface area contributed by atoms with Crippen LogP contribution in [0.1, 0.15) is 43.9 Å². The number of fused-ring (bicyclic) bond motifs is 1. The van der Waals surface area contributed by atoms with Gasteiger partial charge < -0.3 is 5.73 Å². The number of rotatable bonds is 0. The molecule has 15 heavy (non-hydrogen) atoms. The van der Waals surface area contributed by atoms with Crippen LogP contribution in [0.4, 0.5) is 0 Å². The average molecular weight is 226 g/mol. The van der Waals surface area contributed by atoms with Crippen molar-refractivity contribution in [2.24, 2.45) is 11.1 Å². The molecule has 1 aliphatic carbocycles. The van der Waals surface area contributed by atoms with Crippen LogP contribution < -0.4 is 5.73 Å². The molecule has 0 aliphatic heterocycles. The molecule has 2 N–H and O–H groups in total. The Hall–Kier alpha value is -0.530. The SMILES string of the molecule is CC1(C)CCc2ccccc2C(N)C1.Cl. The zero-order valence-corrected chi connectivity index (χ0v) is 10.3. The van der Waals surface area contributed by atoms with Crippen LogP contribution in [-0.4, -0.2) is 0 Å². The molecule has 1 aromatic rings. The molecule has 2 heteroatoms. The smallest absolute Gasteiger partial charge is 0.0302 e. The summed E-state index contributed by atoms with van der Waals surface area (Å²) in [6.07, 6.45) is 3.53. The fourth-order valence-corrected chi connectivity index (χ4v) is 2.40. The van der Waals surface area contributed by atoms with Crippen LogP contribution in [0.25, 0.3) is 0 Å². The fourth-order valence-electron chi connectivity index (χ4n) is 2.40. The predicted octanol–water partition coefficient (Wildman–Crippen LogP) is 3.47. The van der Waals surface area contributed by atoms with E-state index in [2.05, 4.69) is 38.1 Å². The molecule has 1 atom stereocenters. The number of hydrogen-bond acceptors (Lipinski definition) is 1. The molecule has 84 valence electrons. The molecule has 1 aliphatic rings. The summed E-state index contributed by atoms with van der Waals surface area (Å²) in [6.45, 7) is 4.64. The minimum absolute atomic E-state index is 0. The fraction of sp³-hybridized carbons (Fsp3) is 0.538. The molecule has 0 fully saturated rings. The molecule has 1 unspecified atom stereocenters. The number of hydrogen-bond donors (Lipinski definition) is 1. The van der Waals surface area contributed by atoms with Crippen LogP contribution in [0.2, 0.25) is 0 Å². The second kappa shape index (κ2) is 4.54. The molecule has 1 aromatic carbocycles. The van der Waals surface area contributed by atoms with E-state index in [0.717, 1.165) is 6.42 Å². The first-order valence-corrected chi connectivity index (χ1v) is 5.42. The standard InChI is InChI=1S/C13H19N.ClH/c1-13(2)8-7-10-5-3-4-6-11(10)12(14)9-13;/h3-6,12H,7-9,14H2,1-2H3;1H. The first kappa shape index (κ1) is 12.5. The van der Waals surface area contributed by atoms with E-state index in [-0.39, 0.29) is 18.4 Å². The maximum atomic E-state index is 6.22. The quantitative estimate of drug-likeness (QED) is 0.673. The van der Waals surface area contributed by atoms with Crippen molar-refractivity contribution >= 4 is 12.4 Å². The molecular formula is C13H20ClN. The van der Waals surface area contributed by atoms with Gasteiger partial charge in [-0.05, 0) is 35.8 Å². The predicted molar refractivity (Wildman–Crippen MR) is 67.3 cm³/mol. The maximum Gasteiger partial charge on any atom is 0.0302 e. The van der Waals surface area contributed by atoms with E-state index in [9.17, 15) is 0 Å². The van der Waals surface area contributed by atoms with E-state index in [1.54, 1.807) is 0 Å². The van der Waals surface area contributed by atoms with Crippen molar-refractivity contribution in [3.63, 3.8) is 0 Å². The lowest BCUT2D eigenvalue weighted by Crippen LogP contribution is -2.19. The summed E-state index contributed by atoms with van der Waals surface area (Å²) in [5.74, 6) is 0. The number of halogens is 1. The Kier molecular flexibility index (Phi) is 3.80. The van der Waals surface area contributed by atoms with Gasteiger partial charge in [0.1, 0.15) is 0 Å². The van der Waals surface area contributed by atoms with Gasteiger partial charge in [0.15, 0.2) is 0 Å². The second-order valence-corrected chi connectivity index (χ2v) is 5.17. The van der Waals surface area contributed by atoms with Crippen LogP contribution in [-0.2, 0) is 6.42 Å². The van der Waals surface area contributed by atoms with Crippen molar-refractivity contribution in [1.29, 1.82) is 0 Å². The zero-order chi connectivity index (χ0) is 10.2. The monoisotopic (exact) mass is 225 g/mol. The zero-order valence-electron chi connectivity index (χ0n) is 9.49. The first-order chi connectivity index (χ1) is 6.58. The Morgan fingerprint density at radius 3 is 2.67 bits per heavy atom. The molecule has 2 rings (SSSR count). The van der Waals surface area contributed by atoms with Crippen molar-refractivity contribution in [2.75, 3.05) is 0 Å².